The first-order valence-electron chi connectivity index (χ1n) is 5.30. The third-order valence-electron chi connectivity index (χ3n) is 3.07. The molecular formula is C10H18N4. The second-order valence-corrected chi connectivity index (χ2v) is 4.03. The average molecular weight is 194 g/mol. The van der Waals surface area contributed by atoms with Crippen LogP contribution in [0.15, 0.2) is 12.4 Å². The Morgan fingerprint density at radius 3 is 2.93 bits per heavy atom. The van der Waals surface area contributed by atoms with Crippen LogP contribution in [-0.2, 0) is 0 Å². The molecule has 0 amide bonds. The number of nitrogens with zero attached hydrogens (tertiary/aromatic N) is 2. The fourth-order valence-electron chi connectivity index (χ4n) is 1.99. The van der Waals surface area contributed by atoms with Gasteiger partial charge >= 0.3 is 0 Å². The van der Waals surface area contributed by atoms with Gasteiger partial charge in [0.25, 0.3) is 0 Å². The van der Waals surface area contributed by atoms with E-state index in [0.717, 1.165) is 0 Å². The van der Waals surface area contributed by atoms with Gasteiger partial charge in [0.2, 0.25) is 0 Å². The Balaban J connectivity index is 2.13. The van der Waals surface area contributed by atoms with Crippen LogP contribution in [0, 0.1) is 0 Å². The summed E-state index contributed by atoms with van der Waals surface area (Å²) in [5, 5.41) is 6.85. The maximum atomic E-state index is 5.72. The van der Waals surface area contributed by atoms with Gasteiger partial charge in [-0.1, -0.05) is 0 Å². The maximum absolute atomic E-state index is 5.72. The number of aromatic amines is 1. The van der Waals surface area contributed by atoms with E-state index in [1.54, 1.807) is 0 Å². The van der Waals surface area contributed by atoms with Gasteiger partial charge in [-0.3, -0.25) is 5.10 Å². The second kappa shape index (κ2) is 4.00. The van der Waals surface area contributed by atoms with Crippen LogP contribution in [0.4, 0.5) is 5.69 Å². The molecule has 78 valence electrons. The van der Waals surface area contributed by atoms with Crippen LogP contribution in [0.1, 0.15) is 26.2 Å². The van der Waals surface area contributed by atoms with Crippen LogP contribution in [-0.4, -0.2) is 28.8 Å². The molecule has 0 aromatic carbocycles. The first kappa shape index (κ1) is 9.52. The number of nitrogens with one attached hydrogen (secondary N) is 1. The quantitative estimate of drug-likeness (QED) is 0.755. The summed E-state index contributed by atoms with van der Waals surface area (Å²) in [6.07, 6.45) is 7.75. The van der Waals surface area contributed by atoms with Crippen molar-refractivity contribution < 1.29 is 0 Å². The molecule has 0 radical (unpaired) electrons. The summed E-state index contributed by atoms with van der Waals surface area (Å²) < 4.78 is 0. The molecule has 3 N–H and O–H groups in total. The molecule has 14 heavy (non-hydrogen) atoms. The molecule has 1 aliphatic rings. The maximum Gasteiger partial charge on any atom is 0.0755 e. The number of nitrogens with two attached hydrogens (primary N) is 1. The Morgan fingerprint density at radius 2 is 2.50 bits per heavy atom. The van der Waals surface area contributed by atoms with Gasteiger partial charge in [0.15, 0.2) is 0 Å². The molecule has 1 unspecified atom stereocenters. The van der Waals surface area contributed by atoms with Crippen molar-refractivity contribution in [3.63, 3.8) is 0 Å². The minimum Gasteiger partial charge on any atom is -0.362 e. The lowest BCUT2D eigenvalue weighted by atomic mass is 9.90. The number of anilines is 1. The van der Waals surface area contributed by atoms with Crippen LogP contribution in [0.3, 0.4) is 0 Å². The Labute approximate surface area is 84.5 Å². The SMILES string of the molecule is CC(CN)N(c1cn[nH]c1)C1CCC1. The van der Waals surface area contributed by atoms with Crippen molar-refractivity contribution in [3.8, 4) is 0 Å². The van der Waals surface area contributed by atoms with E-state index in [1.165, 1.54) is 24.9 Å². The molecule has 0 bridgehead atoms. The van der Waals surface area contributed by atoms with Gasteiger partial charge < -0.3 is 10.6 Å². The highest BCUT2D eigenvalue weighted by Gasteiger charge is 2.28. The van der Waals surface area contributed by atoms with E-state index in [4.69, 9.17) is 5.73 Å². The highest BCUT2D eigenvalue weighted by Crippen LogP contribution is 2.30. The molecule has 1 heterocycles. The van der Waals surface area contributed by atoms with Crippen molar-refractivity contribution >= 4 is 5.69 Å². The highest BCUT2D eigenvalue weighted by molar-refractivity contribution is 5.45. The third-order valence-corrected chi connectivity index (χ3v) is 3.07. The van der Waals surface area contributed by atoms with Crippen molar-refractivity contribution in [2.24, 2.45) is 5.73 Å². The summed E-state index contributed by atoms with van der Waals surface area (Å²) in [4.78, 5) is 2.40. The van der Waals surface area contributed by atoms with Crippen molar-refractivity contribution in [1.29, 1.82) is 0 Å². The monoisotopic (exact) mass is 194 g/mol. The molecule has 1 aliphatic carbocycles. The Morgan fingerprint density at radius 1 is 1.71 bits per heavy atom. The van der Waals surface area contributed by atoms with Crippen molar-refractivity contribution in [2.75, 3.05) is 11.4 Å². The number of H-pyrrole nitrogens is 1. The molecule has 1 aromatic rings. The van der Waals surface area contributed by atoms with Gasteiger partial charge in [0, 0.05) is 24.8 Å². The zero-order valence-electron chi connectivity index (χ0n) is 8.61. The zero-order valence-corrected chi connectivity index (χ0v) is 8.61. The van der Waals surface area contributed by atoms with Crippen LogP contribution in [0.5, 0.6) is 0 Å². The molecular weight excluding hydrogens is 176 g/mol. The summed E-state index contributed by atoms with van der Waals surface area (Å²) in [6.45, 7) is 2.87. The second-order valence-electron chi connectivity index (χ2n) is 4.03. The molecule has 4 nitrogen and oxygen atoms in total. The van der Waals surface area contributed by atoms with E-state index in [9.17, 15) is 0 Å². The normalized spacial score (nSPS) is 19.0. The molecule has 2 rings (SSSR count). The van der Waals surface area contributed by atoms with E-state index in [1.807, 2.05) is 12.4 Å². The van der Waals surface area contributed by atoms with Crippen LogP contribution in [0.2, 0.25) is 0 Å². The lowest BCUT2D eigenvalue weighted by Gasteiger charge is -2.42. The summed E-state index contributed by atoms with van der Waals surface area (Å²) in [7, 11) is 0. The number of aromatic nitrogens is 2. The van der Waals surface area contributed by atoms with Crippen molar-refractivity contribution in [1.82, 2.24) is 10.2 Å². The van der Waals surface area contributed by atoms with Crippen LogP contribution in [0.25, 0.3) is 0 Å². The third kappa shape index (κ3) is 1.62. The molecule has 1 aromatic heterocycles. The Hall–Kier alpha value is -1.03. The van der Waals surface area contributed by atoms with E-state index >= 15 is 0 Å². The minimum absolute atomic E-state index is 0.401. The Kier molecular flexibility index (Phi) is 2.72. The van der Waals surface area contributed by atoms with E-state index < -0.39 is 0 Å². The fraction of sp³-hybridized carbons (Fsp3) is 0.700. The molecule has 1 atom stereocenters. The van der Waals surface area contributed by atoms with E-state index in [0.29, 0.717) is 18.6 Å². The number of hydrogen-bond donors (Lipinski definition) is 2. The average Bonchev–Trinajstić information content (AvgIpc) is 2.62. The minimum atomic E-state index is 0.401. The zero-order chi connectivity index (χ0) is 9.97. The molecule has 1 saturated carbocycles. The smallest absolute Gasteiger partial charge is 0.0755 e. The molecule has 1 fully saturated rings. The van der Waals surface area contributed by atoms with Gasteiger partial charge in [0.05, 0.1) is 11.9 Å². The standard InChI is InChI=1S/C10H18N4/c1-8(5-11)14(9-3-2-4-9)10-6-12-13-7-10/h6-9H,2-5,11H2,1H3,(H,12,13). The van der Waals surface area contributed by atoms with Crippen molar-refractivity contribution in [3.05, 3.63) is 12.4 Å². The molecule has 0 aliphatic heterocycles. The summed E-state index contributed by atoms with van der Waals surface area (Å²) in [6, 6.07) is 1.07. The lowest BCUT2D eigenvalue weighted by Crippen LogP contribution is -2.48. The van der Waals surface area contributed by atoms with Gasteiger partial charge in [-0.2, -0.15) is 5.10 Å². The van der Waals surface area contributed by atoms with Crippen molar-refractivity contribution in [2.45, 2.75) is 38.3 Å². The first-order chi connectivity index (χ1) is 6.83. The number of hydrogen-bond acceptors (Lipinski definition) is 3. The van der Waals surface area contributed by atoms with Gasteiger partial charge in [-0.25, -0.2) is 0 Å². The van der Waals surface area contributed by atoms with Crippen LogP contribution >= 0.6 is 0 Å². The summed E-state index contributed by atoms with van der Waals surface area (Å²) >= 11 is 0. The number of rotatable bonds is 4. The predicted molar refractivity (Wildman–Crippen MR) is 57.2 cm³/mol. The predicted octanol–water partition coefficient (Wildman–Crippen LogP) is 1.12. The largest absolute Gasteiger partial charge is 0.362 e. The molecule has 4 heteroatoms. The van der Waals surface area contributed by atoms with E-state index in [2.05, 4.69) is 22.0 Å². The Bertz CT molecular complexity index is 261. The first-order valence-corrected chi connectivity index (χ1v) is 5.30. The molecule has 0 spiro atoms. The van der Waals surface area contributed by atoms with Gasteiger partial charge in [-0.15, -0.1) is 0 Å². The topological polar surface area (TPSA) is 57.9 Å². The summed E-state index contributed by atoms with van der Waals surface area (Å²) in [5.41, 5.74) is 6.90. The van der Waals surface area contributed by atoms with E-state index in [-0.39, 0.29) is 0 Å². The summed E-state index contributed by atoms with van der Waals surface area (Å²) in [5.74, 6) is 0. The fourth-order valence-corrected chi connectivity index (χ4v) is 1.99. The lowest BCUT2D eigenvalue weighted by molar-refractivity contribution is 0.364. The van der Waals surface area contributed by atoms with Gasteiger partial charge in [0.1, 0.15) is 0 Å². The molecule has 0 saturated heterocycles. The van der Waals surface area contributed by atoms with Gasteiger partial charge in [-0.05, 0) is 26.2 Å². The van der Waals surface area contributed by atoms with Crippen LogP contribution < -0.4 is 10.6 Å². The highest BCUT2D eigenvalue weighted by atomic mass is 15.2.